The molecule has 0 fully saturated rings. The van der Waals surface area contributed by atoms with E-state index in [0.29, 0.717) is 6.10 Å². The summed E-state index contributed by atoms with van der Waals surface area (Å²) < 4.78 is 5.42. The molecule has 1 nitrogen and oxygen atoms in total. The average molecular weight is 158 g/mol. The van der Waals surface area contributed by atoms with Crippen molar-refractivity contribution < 1.29 is 4.74 Å². The Hall–Kier alpha value is -0.0400. The molecule has 0 heterocycles. The van der Waals surface area contributed by atoms with Crippen LogP contribution in [-0.4, -0.2) is 12.7 Å². The minimum Gasteiger partial charge on any atom is -0.379 e. The maximum Gasteiger partial charge on any atom is 0.0518 e. The Labute approximate surface area is 71.1 Å². The van der Waals surface area contributed by atoms with E-state index in [0.717, 1.165) is 6.61 Å². The predicted octanol–water partition coefficient (Wildman–Crippen LogP) is 3.38. The van der Waals surface area contributed by atoms with Crippen molar-refractivity contribution in [1.29, 1.82) is 0 Å². The van der Waals surface area contributed by atoms with Crippen LogP contribution in [0.15, 0.2) is 0 Å². The van der Waals surface area contributed by atoms with Crippen LogP contribution in [0.2, 0.25) is 0 Å². The monoisotopic (exact) mass is 158 g/mol. The van der Waals surface area contributed by atoms with Crippen molar-refractivity contribution in [2.75, 3.05) is 6.61 Å². The van der Waals surface area contributed by atoms with Crippen LogP contribution in [0, 0.1) is 0 Å². The van der Waals surface area contributed by atoms with Gasteiger partial charge in [0.25, 0.3) is 0 Å². The predicted molar refractivity (Wildman–Crippen MR) is 49.8 cm³/mol. The van der Waals surface area contributed by atoms with Crippen LogP contribution in [0.25, 0.3) is 0 Å². The number of unbranched alkanes of at least 4 members (excludes halogenated alkanes) is 4. The molecule has 0 atom stereocenters. The lowest BCUT2D eigenvalue weighted by atomic mass is 10.2. The molecule has 0 N–H and O–H groups in total. The van der Waals surface area contributed by atoms with Gasteiger partial charge in [-0.15, -0.1) is 0 Å². The maximum atomic E-state index is 5.42. The van der Waals surface area contributed by atoms with Gasteiger partial charge in [-0.25, -0.2) is 0 Å². The fourth-order valence-electron chi connectivity index (χ4n) is 1.02. The quantitative estimate of drug-likeness (QED) is 0.516. The van der Waals surface area contributed by atoms with Crippen LogP contribution in [-0.2, 0) is 4.74 Å². The van der Waals surface area contributed by atoms with Gasteiger partial charge in [0.05, 0.1) is 6.10 Å². The van der Waals surface area contributed by atoms with Gasteiger partial charge in [0.15, 0.2) is 0 Å². The van der Waals surface area contributed by atoms with Crippen LogP contribution in [0.4, 0.5) is 0 Å². The fourth-order valence-corrected chi connectivity index (χ4v) is 1.02. The first kappa shape index (κ1) is 11.0. The van der Waals surface area contributed by atoms with E-state index in [1.54, 1.807) is 0 Å². The highest BCUT2D eigenvalue weighted by molar-refractivity contribution is 4.43. The van der Waals surface area contributed by atoms with Gasteiger partial charge >= 0.3 is 0 Å². The highest BCUT2D eigenvalue weighted by Crippen LogP contribution is 2.02. The van der Waals surface area contributed by atoms with Gasteiger partial charge in [-0.3, -0.25) is 0 Å². The Bertz CT molecular complexity index is 69.3. The summed E-state index contributed by atoms with van der Waals surface area (Å²) in [5, 5.41) is 0. The lowest BCUT2D eigenvalue weighted by Crippen LogP contribution is -2.03. The number of rotatable bonds is 7. The summed E-state index contributed by atoms with van der Waals surface area (Å²) in [4.78, 5) is 0. The van der Waals surface area contributed by atoms with Crippen molar-refractivity contribution in [2.45, 2.75) is 59.0 Å². The summed E-state index contributed by atoms with van der Waals surface area (Å²) >= 11 is 0. The molecule has 0 radical (unpaired) electrons. The van der Waals surface area contributed by atoms with Crippen molar-refractivity contribution in [3.63, 3.8) is 0 Å². The molecule has 0 amide bonds. The first-order valence-electron chi connectivity index (χ1n) is 4.89. The molecular formula is C10H22O. The Balaban J connectivity index is 2.80. The minimum absolute atomic E-state index is 0.404. The summed E-state index contributed by atoms with van der Waals surface area (Å²) in [6.07, 6.45) is 7.05. The summed E-state index contributed by atoms with van der Waals surface area (Å²) in [6, 6.07) is 0. The smallest absolute Gasteiger partial charge is 0.0518 e. The number of ether oxygens (including phenoxy) is 1. The van der Waals surface area contributed by atoms with E-state index in [9.17, 15) is 0 Å². The van der Waals surface area contributed by atoms with Gasteiger partial charge in [-0.2, -0.15) is 0 Å². The largest absolute Gasteiger partial charge is 0.379 e. The third-order valence-electron chi connectivity index (χ3n) is 1.70. The summed E-state index contributed by atoms with van der Waals surface area (Å²) in [7, 11) is 0. The van der Waals surface area contributed by atoms with E-state index in [1.807, 2.05) is 0 Å². The van der Waals surface area contributed by atoms with E-state index < -0.39 is 0 Å². The Morgan fingerprint density at radius 1 is 1.00 bits per heavy atom. The topological polar surface area (TPSA) is 9.23 Å². The van der Waals surface area contributed by atoms with Crippen LogP contribution < -0.4 is 0 Å². The van der Waals surface area contributed by atoms with Gasteiger partial charge in [0, 0.05) is 6.61 Å². The molecular weight excluding hydrogens is 136 g/mol. The zero-order valence-electron chi connectivity index (χ0n) is 8.23. The zero-order chi connectivity index (χ0) is 8.53. The molecule has 0 aliphatic rings. The molecule has 68 valence electrons. The summed E-state index contributed by atoms with van der Waals surface area (Å²) in [5.41, 5.74) is 0. The lowest BCUT2D eigenvalue weighted by Gasteiger charge is -2.06. The number of hydrogen-bond donors (Lipinski definition) is 0. The van der Waals surface area contributed by atoms with Crippen molar-refractivity contribution in [1.82, 2.24) is 0 Å². The molecule has 0 rings (SSSR count). The summed E-state index contributed by atoms with van der Waals surface area (Å²) in [6.45, 7) is 7.37. The molecule has 0 aliphatic carbocycles. The number of hydrogen-bond acceptors (Lipinski definition) is 1. The average Bonchev–Trinajstić information content (AvgIpc) is 1.96. The van der Waals surface area contributed by atoms with Crippen LogP contribution in [0.1, 0.15) is 52.9 Å². The Morgan fingerprint density at radius 3 is 2.18 bits per heavy atom. The highest BCUT2D eigenvalue weighted by atomic mass is 16.5. The molecule has 0 aromatic heterocycles. The molecule has 0 aromatic rings. The van der Waals surface area contributed by atoms with E-state index in [4.69, 9.17) is 4.74 Å². The first-order valence-corrected chi connectivity index (χ1v) is 4.89. The first-order chi connectivity index (χ1) is 5.27. The molecule has 0 unspecified atom stereocenters. The van der Waals surface area contributed by atoms with Crippen LogP contribution in [0.3, 0.4) is 0 Å². The third kappa shape index (κ3) is 9.96. The van der Waals surface area contributed by atoms with Crippen LogP contribution in [0.5, 0.6) is 0 Å². The molecule has 0 bridgehead atoms. The zero-order valence-corrected chi connectivity index (χ0v) is 8.23. The normalized spacial score (nSPS) is 10.9. The van der Waals surface area contributed by atoms with E-state index in [1.165, 1.54) is 32.1 Å². The molecule has 0 saturated heterocycles. The van der Waals surface area contributed by atoms with Gasteiger partial charge in [-0.1, -0.05) is 32.6 Å². The SMILES string of the molecule is CCCCCCCOC(C)C. The molecule has 1 heteroatoms. The van der Waals surface area contributed by atoms with Gasteiger partial charge in [0.1, 0.15) is 0 Å². The Morgan fingerprint density at radius 2 is 1.64 bits per heavy atom. The van der Waals surface area contributed by atoms with E-state index >= 15 is 0 Å². The molecule has 11 heavy (non-hydrogen) atoms. The molecule has 0 saturated carbocycles. The van der Waals surface area contributed by atoms with E-state index in [-0.39, 0.29) is 0 Å². The third-order valence-corrected chi connectivity index (χ3v) is 1.70. The molecule has 0 aliphatic heterocycles. The fraction of sp³-hybridized carbons (Fsp3) is 1.00. The minimum atomic E-state index is 0.404. The van der Waals surface area contributed by atoms with Crippen molar-refractivity contribution >= 4 is 0 Å². The van der Waals surface area contributed by atoms with Crippen molar-refractivity contribution in [3.8, 4) is 0 Å². The maximum absolute atomic E-state index is 5.42. The second-order valence-corrected chi connectivity index (χ2v) is 3.33. The van der Waals surface area contributed by atoms with Gasteiger partial charge < -0.3 is 4.74 Å². The second kappa shape index (κ2) is 8.06. The van der Waals surface area contributed by atoms with Crippen molar-refractivity contribution in [2.24, 2.45) is 0 Å². The van der Waals surface area contributed by atoms with Crippen molar-refractivity contribution in [3.05, 3.63) is 0 Å². The molecule has 0 aromatic carbocycles. The van der Waals surface area contributed by atoms with E-state index in [2.05, 4.69) is 20.8 Å². The second-order valence-electron chi connectivity index (χ2n) is 3.33. The van der Waals surface area contributed by atoms with Crippen LogP contribution >= 0.6 is 0 Å². The summed E-state index contributed by atoms with van der Waals surface area (Å²) in [5.74, 6) is 0. The lowest BCUT2D eigenvalue weighted by molar-refractivity contribution is 0.0757. The standard InChI is InChI=1S/C10H22O/c1-4-5-6-7-8-9-11-10(2)3/h10H,4-9H2,1-3H3. The molecule has 0 spiro atoms. The Kier molecular flexibility index (Phi) is 8.03. The van der Waals surface area contributed by atoms with Gasteiger partial charge in [0.2, 0.25) is 0 Å². The van der Waals surface area contributed by atoms with Gasteiger partial charge in [-0.05, 0) is 20.3 Å². The highest BCUT2D eigenvalue weighted by Gasteiger charge is 1.92.